The SMILES string of the molecule is NCCC=Cc1ccc(O)cc1C(F)(F)F. The summed E-state index contributed by atoms with van der Waals surface area (Å²) in [6.07, 6.45) is -1.03. The number of phenols is 1. The first-order valence-corrected chi connectivity index (χ1v) is 4.72. The molecule has 0 fully saturated rings. The molecule has 88 valence electrons. The molecular formula is C11H12F3NO. The molecule has 0 spiro atoms. The van der Waals surface area contributed by atoms with Gasteiger partial charge in [-0.15, -0.1) is 0 Å². The standard InChI is InChI=1S/C11H12F3NO/c12-11(13,14)10-7-9(16)5-4-8(10)3-1-2-6-15/h1,3-5,7,16H,2,6,15H2. The molecule has 2 nitrogen and oxygen atoms in total. The predicted octanol–water partition coefficient (Wildman–Crippen LogP) is 2.77. The number of alkyl halides is 3. The number of nitrogens with two attached hydrogens (primary N) is 1. The number of rotatable bonds is 3. The van der Waals surface area contributed by atoms with Crippen molar-refractivity contribution in [1.29, 1.82) is 0 Å². The number of halogens is 3. The number of aromatic hydroxyl groups is 1. The normalized spacial score (nSPS) is 12.2. The fourth-order valence-corrected chi connectivity index (χ4v) is 1.24. The van der Waals surface area contributed by atoms with Crippen molar-refractivity contribution >= 4 is 6.08 Å². The quantitative estimate of drug-likeness (QED) is 0.840. The average molecular weight is 231 g/mol. The van der Waals surface area contributed by atoms with Crippen LogP contribution in [0.1, 0.15) is 17.5 Å². The third kappa shape index (κ3) is 3.27. The Hall–Kier alpha value is -1.49. The topological polar surface area (TPSA) is 46.2 Å². The highest BCUT2D eigenvalue weighted by atomic mass is 19.4. The molecule has 0 aliphatic rings. The Kier molecular flexibility index (Phi) is 3.95. The molecule has 0 saturated carbocycles. The van der Waals surface area contributed by atoms with Crippen molar-refractivity contribution in [3.63, 3.8) is 0 Å². The van der Waals surface area contributed by atoms with Crippen LogP contribution in [-0.4, -0.2) is 11.7 Å². The second kappa shape index (κ2) is 5.03. The fraction of sp³-hybridized carbons (Fsp3) is 0.273. The lowest BCUT2D eigenvalue weighted by Gasteiger charge is -2.10. The van der Waals surface area contributed by atoms with E-state index in [0.717, 1.165) is 0 Å². The molecule has 3 N–H and O–H groups in total. The average Bonchev–Trinajstić information content (AvgIpc) is 2.19. The van der Waals surface area contributed by atoms with E-state index in [1.165, 1.54) is 18.2 Å². The minimum atomic E-state index is -4.47. The van der Waals surface area contributed by atoms with Gasteiger partial charge in [0.2, 0.25) is 0 Å². The van der Waals surface area contributed by atoms with E-state index >= 15 is 0 Å². The van der Waals surface area contributed by atoms with Crippen LogP contribution in [0.3, 0.4) is 0 Å². The summed E-state index contributed by atoms with van der Waals surface area (Å²) >= 11 is 0. The van der Waals surface area contributed by atoms with Crippen molar-refractivity contribution in [3.05, 3.63) is 35.4 Å². The minimum Gasteiger partial charge on any atom is -0.508 e. The first kappa shape index (κ1) is 12.6. The van der Waals surface area contributed by atoms with Gasteiger partial charge < -0.3 is 10.8 Å². The Bertz CT molecular complexity index is 385. The van der Waals surface area contributed by atoms with Crippen molar-refractivity contribution in [2.45, 2.75) is 12.6 Å². The van der Waals surface area contributed by atoms with Crippen molar-refractivity contribution in [2.24, 2.45) is 5.73 Å². The van der Waals surface area contributed by atoms with E-state index in [2.05, 4.69) is 0 Å². The van der Waals surface area contributed by atoms with Gasteiger partial charge in [0.15, 0.2) is 0 Å². The lowest BCUT2D eigenvalue weighted by molar-refractivity contribution is -0.137. The highest BCUT2D eigenvalue weighted by Crippen LogP contribution is 2.34. The number of phenolic OH excluding ortho intramolecular Hbond substituents is 1. The molecule has 1 aromatic rings. The second-order valence-corrected chi connectivity index (χ2v) is 3.25. The maximum atomic E-state index is 12.6. The third-order valence-corrected chi connectivity index (χ3v) is 1.97. The Morgan fingerprint density at radius 2 is 2.00 bits per heavy atom. The largest absolute Gasteiger partial charge is 0.508 e. The predicted molar refractivity (Wildman–Crippen MR) is 55.8 cm³/mol. The van der Waals surface area contributed by atoms with Gasteiger partial charge in [-0.1, -0.05) is 18.2 Å². The maximum absolute atomic E-state index is 12.6. The van der Waals surface area contributed by atoms with Crippen LogP contribution in [0.5, 0.6) is 5.75 Å². The molecule has 0 radical (unpaired) electrons. The van der Waals surface area contributed by atoms with Gasteiger partial charge in [-0.05, 0) is 30.7 Å². The Balaban J connectivity index is 3.08. The summed E-state index contributed by atoms with van der Waals surface area (Å²) in [5.41, 5.74) is 4.41. The van der Waals surface area contributed by atoms with Crippen molar-refractivity contribution in [1.82, 2.24) is 0 Å². The minimum absolute atomic E-state index is 0.0266. The van der Waals surface area contributed by atoms with Crippen LogP contribution in [0.15, 0.2) is 24.3 Å². The monoisotopic (exact) mass is 231 g/mol. The van der Waals surface area contributed by atoms with Gasteiger partial charge in [0.1, 0.15) is 5.75 Å². The highest BCUT2D eigenvalue weighted by molar-refractivity contribution is 5.56. The van der Waals surface area contributed by atoms with E-state index in [0.29, 0.717) is 19.0 Å². The van der Waals surface area contributed by atoms with Crippen LogP contribution in [0.2, 0.25) is 0 Å². The molecule has 0 aliphatic carbocycles. The van der Waals surface area contributed by atoms with E-state index in [9.17, 15) is 13.2 Å². The number of hydrogen-bond acceptors (Lipinski definition) is 2. The zero-order valence-electron chi connectivity index (χ0n) is 8.46. The van der Waals surface area contributed by atoms with E-state index in [1.54, 1.807) is 6.08 Å². The molecule has 5 heteroatoms. The van der Waals surface area contributed by atoms with Gasteiger partial charge in [-0.25, -0.2) is 0 Å². The van der Waals surface area contributed by atoms with Gasteiger partial charge in [-0.3, -0.25) is 0 Å². The van der Waals surface area contributed by atoms with Gasteiger partial charge in [-0.2, -0.15) is 13.2 Å². The summed E-state index contributed by atoms with van der Waals surface area (Å²) in [6.45, 7) is 0.385. The summed E-state index contributed by atoms with van der Waals surface area (Å²) in [6, 6.07) is 3.16. The molecule has 0 saturated heterocycles. The highest BCUT2D eigenvalue weighted by Gasteiger charge is 2.33. The van der Waals surface area contributed by atoms with E-state index < -0.39 is 17.5 Å². The summed E-state index contributed by atoms with van der Waals surface area (Å²) < 4.78 is 37.7. The molecule has 0 aliphatic heterocycles. The molecular weight excluding hydrogens is 219 g/mol. The van der Waals surface area contributed by atoms with Gasteiger partial charge in [0.25, 0.3) is 0 Å². The van der Waals surface area contributed by atoms with Crippen molar-refractivity contribution in [2.75, 3.05) is 6.54 Å². The van der Waals surface area contributed by atoms with Gasteiger partial charge in [0, 0.05) is 0 Å². The van der Waals surface area contributed by atoms with Gasteiger partial charge >= 0.3 is 6.18 Å². The zero-order chi connectivity index (χ0) is 12.2. The van der Waals surface area contributed by atoms with Crippen LogP contribution >= 0.6 is 0 Å². The second-order valence-electron chi connectivity index (χ2n) is 3.25. The summed E-state index contributed by atoms with van der Waals surface area (Å²) in [5.74, 6) is -0.400. The first-order chi connectivity index (χ1) is 7.45. The molecule has 0 aromatic heterocycles. The summed E-state index contributed by atoms with van der Waals surface area (Å²) in [4.78, 5) is 0. The van der Waals surface area contributed by atoms with E-state index in [-0.39, 0.29) is 5.56 Å². The fourth-order valence-electron chi connectivity index (χ4n) is 1.24. The van der Waals surface area contributed by atoms with Crippen LogP contribution in [0, 0.1) is 0 Å². The van der Waals surface area contributed by atoms with E-state index in [1.807, 2.05) is 0 Å². The molecule has 0 bridgehead atoms. The molecule has 1 aromatic carbocycles. The molecule has 0 amide bonds. The Morgan fingerprint density at radius 3 is 2.56 bits per heavy atom. The first-order valence-electron chi connectivity index (χ1n) is 4.72. The maximum Gasteiger partial charge on any atom is 0.417 e. The number of benzene rings is 1. The van der Waals surface area contributed by atoms with Crippen LogP contribution < -0.4 is 5.73 Å². The Morgan fingerprint density at radius 1 is 1.31 bits per heavy atom. The van der Waals surface area contributed by atoms with Crippen molar-refractivity contribution < 1.29 is 18.3 Å². The Labute approximate surface area is 91.2 Å². The summed E-state index contributed by atoms with van der Waals surface area (Å²) in [5, 5.41) is 9.03. The molecule has 0 heterocycles. The lowest BCUT2D eigenvalue weighted by Crippen LogP contribution is -2.07. The number of hydrogen-bond donors (Lipinski definition) is 2. The molecule has 16 heavy (non-hydrogen) atoms. The van der Waals surface area contributed by atoms with Crippen LogP contribution in [0.25, 0.3) is 6.08 Å². The van der Waals surface area contributed by atoms with Crippen LogP contribution in [-0.2, 0) is 6.18 Å². The van der Waals surface area contributed by atoms with Crippen molar-refractivity contribution in [3.8, 4) is 5.75 Å². The van der Waals surface area contributed by atoms with Gasteiger partial charge in [0.05, 0.1) is 5.56 Å². The summed E-state index contributed by atoms with van der Waals surface area (Å²) in [7, 11) is 0. The van der Waals surface area contributed by atoms with Crippen LogP contribution in [0.4, 0.5) is 13.2 Å². The lowest BCUT2D eigenvalue weighted by atomic mass is 10.1. The smallest absolute Gasteiger partial charge is 0.417 e. The van der Waals surface area contributed by atoms with E-state index in [4.69, 9.17) is 10.8 Å². The third-order valence-electron chi connectivity index (χ3n) is 1.97. The zero-order valence-corrected chi connectivity index (χ0v) is 8.46. The molecule has 0 unspecified atom stereocenters. The molecule has 0 atom stereocenters. The molecule has 1 rings (SSSR count).